The predicted octanol–water partition coefficient (Wildman–Crippen LogP) is 4.11. The maximum Gasteiger partial charge on any atom is 0.188 e. The molecule has 0 saturated heterocycles. The van der Waals surface area contributed by atoms with Crippen LogP contribution in [0.4, 0.5) is 0 Å². The Morgan fingerprint density at radius 2 is 1.47 bits per heavy atom. The van der Waals surface area contributed by atoms with E-state index in [1.165, 1.54) is 0 Å². The lowest BCUT2D eigenvalue weighted by molar-refractivity contribution is 0.399. The number of hydrogen-bond acceptors (Lipinski definition) is 2. The Hall–Kier alpha value is -1.05. The van der Waals surface area contributed by atoms with Gasteiger partial charge in [0.05, 0.1) is 7.11 Å². The Morgan fingerprint density at radius 3 is 2.12 bits per heavy atom. The molecule has 88 valence electrons. The summed E-state index contributed by atoms with van der Waals surface area (Å²) >= 11 is 3.57. The molecule has 0 spiro atoms. The van der Waals surface area contributed by atoms with Crippen LogP contribution in [0.25, 0.3) is 0 Å². The molecule has 0 heterocycles. The van der Waals surface area contributed by atoms with E-state index in [4.69, 9.17) is 9.26 Å². The topological polar surface area (TPSA) is 18.5 Å². The van der Waals surface area contributed by atoms with Crippen molar-refractivity contribution in [2.24, 2.45) is 0 Å². The van der Waals surface area contributed by atoms with Crippen molar-refractivity contribution < 1.29 is 9.26 Å². The van der Waals surface area contributed by atoms with E-state index in [1.54, 1.807) is 7.11 Å². The van der Waals surface area contributed by atoms with Gasteiger partial charge < -0.3 is 9.26 Å². The van der Waals surface area contributed by atoms with E-state index < -0.39 is 6.85 Å². The van der Waals surface area contributed by atoms with E-state index in [-0.39, 0.29) is 0 Å². The zero-order chi connectivity index (χ0) is 12.1. The summed E-state index contributed by atoms with van der Waals surface area (Å²) < 4.78 is 11.1. The van der Waals surface area contributed by atoms with Gasteiger partial charge in [0.1, 0.15) is 0 Å². The highest BCUT2D eigenvalue weighted by Gasteiger charge is 2.12. The first-order valence-corrected chi connectivity index (χ1v) is 8.41. The van der Waals surface area contributed by atoms with Crippen molar-refractivity contribution in [1.29, 1.82) is 0 Å². The van der Waals surface area contributed by atoms with Gasteiger partial charge in [-0.2, -0.15) is 0 Å². The number of ether oxygens (including phenoxy) is 1. The molecule has 0 amide bonds. The van der Waals surface area contributed by atoms with E-state index in [1.807, 2.05) is 54.6 Å². The van der Waals surface area contributed by atoms with Crippen molar-refractivity contribution in [1.82, 2.24) is 0 Å². The van der Waals surface area contributed by atoms with Crippen molar-refractivity contribution in [3.63, 3.8) is 0 Å². The van der Waals surface area contributed by atoms with Gasteiger partial charge in [0.2, 0.25) is 0 Å². The SMILES string of the molecule is COc1ccccc1OP(Br)c1ccccc1. The highest BCUT2D eigenvalue weighted by atomic mass is 79.9. The fourth-order valence-corrected chi connectivity index (χ4v) is 3.39. The van der Waals surface area contributed by atoms with Crippen LogP contribution in [0.3, 0.4) is 0 Å². The molecule has 0 fully saturated rings. The van der Waals surface area contributed by atoms with Crippen molar-refractivity contribution in [2.75, 3.05) is 7.11 Å². The van der Waals surface area contributed by atoms with Crippen LogP contribution in [0.15, 0.2) is 54.6 Å². The zero-order valence-electron chi connectivity index (χ0n) is 9.34. The van der Waals surface area contributed by atoms with E-state index >= 15 is 0 Å². The standard InChI is InChI=1S/C13H12BrO2P/c1-15-12-9-5-6-10-13(12)16-17(14)11-7-3-2-4-8-11/h2-10H,1H3. The van der Waals surface area contributed by atoms with Crippen LogP contribution in [0, 0.1) is 0 Å². The fourth-order valence-electron chi connectivity index (χ4n) is 1.38. The molecule has 0 N–H and O–H groups in total. The molecule has 0 aliphatic heterocycles. The molecule has 0 bridgehead atoms. The van der Waals surface area contributed by atoms with Crippen LogP contribution in [0.2, 0.25) is 0 Å². The molecule has 2 nitrogen and oxygen atoms in total. The Labute approximate surface area is 110 Å². The summed E-state index contributed by atoms with van der Waals surface area (Å²) in [6.07, 6.45) is 0. The lowest BCUT2D eigenvalue weighted by atomic mass is 10.3. The number of rotatable bonds is 4. The Bertz CT molecular complexity index is 476. The highest BCUT2D eigenvalue weighted by molar-refractivity contribution is 9.39. The Morgan fingerprint density at radius 1 is 0.882 bits per heavy atom. The summed E-state index contributed by atoms with van der Waals surface area (Å²) in [6, 6.07) is 17.7. The molecule has 1 unspecified atom stereocenters. The van der Waals surface area contributed by atoms with Crippen LogP contribution in [0.1, 0.15) is 0 Å². The van der Waals surface area contributed by atoms with E-state index in [0.717, 1.165) is 16.8 Å². The van der Waals surface area contributed by atoms with Crippen LogP contribution in [-0.2, 0) is 0 Å². The monoisotopic (exact) mass is 310 g/mol. The summed E-state index contributed by atoms with van der Waals surface area (Å²) in [4.78, 5) is 0. The normalized spacial score (nSPS) is 11.9. The summed E-state index contributed by atoms with van der Waals surface area (Å²) in [7, 11) is 1.64. The Balaban J connectivity index is 2.16. The maximum absolute atomic E-state index is 5.88. The zero-order valence-corrected chi connectivity index (χ0v) is 11.8. The van der Waals surface area contributed by atoms with Gasteiger partial charge >= 0.3 is 0 Å². The average molecular weight is 311 g/mol. The first-order chi connectivity index (χ1) is 8.31. The molecule has 2 aromatic rings. The van der Waals surface area contributed by atoms with Crippen LogP contribution >= 0.6 is 22.3 Å². The first kappa shape index (κ1) is 12.4. The lowest BCUT2D eigenvalue weighted by Crippen LogP contribution is -2.00. The maximum atomic E-state index is 5.88. The second-order valence-corrected chi connectivity index (χ2v) is 6.44. The van der Waals surface area contributed by atoms with Gasteiger partial charge in [0.25, 0.3) is 0 Å². The minimum absolute atomic E-state index is 0.746. The average Bonchev–Trinajstić information content (AvgIpc) is 2.40. The molecule has 4 heteroatoms. The van der Waals surface area contributed by atoms with Gasteiger partial charge in [-0.05, 0) is 27.6 Å². The lowest BCUT2D eigenvalue weighted by Gasteiger charge is -2.14. The number of halogens is 1. The molecule has 17 heavy (non-hydrogen) atoms. The molecule has 0 saturated carbocycles. The van der Waals surface area contributed by atoms with E-state index in [0.29, 0.717) is 0 Å². The van der Waals surface area contributed by atoms with Crippen LogP contribution < -0.4 is 14.6 Å². The third-order valence-electron chi connectivity index (χ3n) is 2.21. The second kappa shape index (κ2) is 6.04. The number of methoxy groups -OCH3 is 1. The largest absolute Gasteiger partial charge is 0.493 e. The molecule has 0 radical (unpaired) electrons. The molecule has 1 atom stereocenters. The van der Waals surface area contributed by atoms with E-state index in [9.17, 15) is 0 Å². The summed E-state index contributed by atoms with van der Waals surface area (Å²) in [5.41, 5.74) is 0. The summed E-state index contributed by atoms with van der Waals surface area (Å²) in [5, 5.41) is 1.13. The minimum Gasteiger partial charge on any atom is -0.493 e. The summed E-state index contributed by atoms with van der Waals surface area (Å²) in [5.74, 6) is 1.50. The third kappa shape index (κ3) is 3.21. The van der Waals surface area contributed by atoms with Gasteiger partial charge in [0.15, 0.2) is 18.3 Å². The fraction of sp³-hybridized carbons (Fsp3) is 0.0769. The van der Waals surface area contributed by atoms with Gasteiger partial charge in [-0.3, -0.25) is 0 Å². The van der Waals surface area contributed by atoms with Gasteiger partial charge in [-0.15, -0.1) is 0 Å². The molecule has 0 aliphatic rings. The third-order valence-corrected chi connectivity index (χ3v) is 4.93. The van der Waals surface area contributed by atoms with Crippen molar-refractivity contribution >= 4 is 27.6 Å². The van der Waals surface area contributed by atoms with Crippen molar-refractivity contribution in [2.45, 2.75) is 0 Å². The Kier molecular flexibility index (Phi) is 4.41. The quantitative estimate of drug-likeness (QED) is 0.791. The van der Waals surface area contributed by atoms with Gasteiger partial charge in [0, 0.05) is 5.30 Å². The smallest absolute Gasteiger partial charge is 0.188 e. The van der Waals surface area contributed by atoms with Crippen molar-refractivity contribution in [3.05, 3.63) is 54.6 Å². The van der Waals surface area contributed by atoms with Gasteiger partial charge in [-0.1, -0.05) is 42.5 Å². The van der Waals surface area contributed by atoms with Gasteiger partial charge in [-0.25, -0.2) is 0 Å². The van der Waals surface area contributed by atoms with Crippen molar-refractivity contribution in [3.8, 4) is 11.5 Å². The van der Waals surface area contributed by atoms with Crippen LogP contribution in [0.5, 0.6) is 11.5 Å². The number of para-hydroxylation sites is 2. The first-order valence-electron chi connectivity index (χ1n) is 5.13. The molecule has 2 aromatic carbocycles. The molecular formula is C13H12BrO2P. The number of benzene rings is 2. The number of hydrogen-bond donors (Lipinski definition) is 0. The molecule has 0 aromatic heterocycles. The molecule has 0 aliphatic carbocycles. The summed E-state index contributed by atoms with van der Waals surface area (Å²) in [6.45, 7) is -0.841. The minimum atomic E-state index is -0.841. The molecular weight excluding hydrogens is 299 g/mol. The highest BCUT2D eigenvalue weighted by Crippen LogP contribution is 2.46. The second-order valence-electron chi connectivity index (χ2n) is 3.32. The predicted molar refractivity (Wildman–Crippen MR) is 75.5 cm³/mol. The van der Waals surface area contributed by atoms with E-state index in [2.05, 4.69) is 15.5 Å². The van der Waals surface area contributed by atoms with Crippen LogP contribution in [-0.4, -0.2) is 7.11 Å². The molecule has 2 rings (SSSR count).